The van der Waals surface area contributed by atoms with Gasteiger partial charge in [0.05, 0.1) is 5.70 Å². The van der Waals surface area contributed by atoms with Crippen molar-refractivity contribution in [1.29, 1.82) is 0 Å². The van der Waals surface area contributed by atoms with Crippen LogP contribution in [0.5, 0.6) is 5.75 Å². The predicted molar refractivity (Wildman–Crippen MR) is 123 cm³/mol. The summed E-state index contributed by atoms with van der Waals surface area (Å²) >= 11 is 0. The molecule has 2 aliphatic rings. The van der Waals surface area contributed by atoms with Crippen molar-refractivity contribution >= 4 is 27.8 Å². The molecule has 0 saturated carbocycles. The number of fused-ring (bicyclic) bond motifs is 4. The number of carbonyl (C=O) groups excluding carboxylic acids is 1. The fourth-order valence-corrected chi connectivity index (χ4v) is 5.02. The summed E-state index contributed by atoms with van der Waals surface area (Å²) in [4.78, 5) is 15.2. The molecule has 0 atom stereocenters. The SMILES string of the molecule is CC1(C)CC(=O)C2=C(C1)c1c(ccc3ccccc13)CN2c1cccc(OC(F)(F)C(F)F)c1. The van der Waals surface area contributed by atoms with Crippen LogP contribution >= 0.6 is 0 Å². The molecular formula is C27H23F4NO2. The van der Waals surface area contributed by atoms with Crippen LogP contribution < -0.4 is 9.64 Å². The Balaban J connectivity index is 1.66. The molecular weight excluding hydrogens is 446 g/mol. The molecule has 3 aromatic carbocycles. The molecule has 0 radical (unpaired) electrons. The highest BCUT2D eigenvalue weighted by molar-refractivity contribution is 6.11. The molecule has 1 aliphatic carbocycles. The predicted octanol–water partition coefficient (Wildman–Crippen LogP) is 7.20. The molecule has 0 bridgehead atoms. The Labute approximate surface area is 194 Å². The minimum absolute atomic E-state index is 0.0333. The van der Waals surface area contributed by atoms with Crippen molar-refractivity contribution < 1.29 is 27.1 Å². The van der Waals surface area contributed by atoms with Gasteiger partial charge < -0.3 is 9.64 Å². The first-order valence-electron chi connectivity index (χ1n) is 11.1. The third kappa shape index (κ3) is 3.83. The Hall–Kier alpha value is -3.35. The van der Waals surface area contributed by atoms with Gasteiger partial charge in [-0.2, -0.15) is 17.6 Å². The molecule has 1 aliphatic heterocycles. The molecule has 3 nitrogen and oxygen atoms in total. The Morgan fingerprint density at radius 2 is 1.76 bits per heavy atom. The normalized spacial score (nSPS) is 17.7. The third-order valence-corrected chi connectivity index (χ3v) is 6.40. The number of ketones is 1. The fraction of sp³-hybridized carbons (Fsp3) is 0.296. The van der Waals surface area contributed by atoms with Crippen LogP contribution in [0.25, 0.3) is 16.3 Å². The van der Waals surface area contributed by atoms with Gasteiger partial charge in [-0.3, -0.25) is 4.79 Å². The molecule has 0 unspecified atom stereocenters. The highest BCUT2D eigenvalue weighted by Crippen LogP contribution is 2.49. The quantitative estimate of drug-likeness (QED) is 0.379. The van der Waals surface area contributed by atoms with Crippen LogP contribution in [0, 0.1) is 5.41 Å². The summed E-state index contributed by atoms with van der Waals surface area (Å²) in [7, 11) is 0. The number of anilines is 1. The van der Waals surface area contributed by atoms with Crippen molar-refractivity contribution in [1.82, 2.24) is 0 Å². The molecule has 0 N–H and O–H groups in total. The lowest BCUT2D eigenvalue weighted by Gasteiger charge is -2.41. The van der Waals surface area contributed by atoms with E-state index < -0.39 is 18.3 Å². The van der Waals surface area contributed by atoms with E-state index in [-0.39, 0.29) is 11.2 Å². The maximum Gasteiger partial charge on any atom is 0.461 e. The van der Waals surface area contributed by atoms with E-state index >= 15 is 0 Å². The number of nitrogens with zero attached hydrogens (tertiary/aromatic N) is 1. The number of Topliss-reactive ketones (excluding diaryl/α,β-unsaturated/α-hetero) is 1. The van der Waals surface area contributed by atoms with E-state index in [0.717, 1.165) is 27.5 Å². The molecule has 0 fully saturated rings. The first kappa shape index (κ1) is 22.4. The first-order valence-corrected chi connectivity index (χ1v) is 11.1. The van der Waals surface area contributed by atoms with Gasteiger partial charge in [0.25, 0.3) is 0 Å². The van der Waals surface area contributed by atoms with Gasteiger partial charge in [0, 0.05) is 24.7 Å². The van der Waals surface area contributed by atoms with Gasteiger partial charge in [-0.15, -0.1) is 0 Å². The Kier molecular flexibility index (Phi) is 5.19. The van der Waals surface area contributed by atoms with E-state index in [0.29, 0.717) is 30.8 Å². The largest absolute Gasteiger partial charge is 0.461 e. The zero-order valence-electron chi connectivity index (χ0n) is 18.7. The molecule has 0 spiro atoms. The highest BCUT2D eigenvalue weighted by atomic mass is 19.3. The van der Waals surface area contributed by atoms with Gasteiger partial charge in [-0.25, -0.2) is 0 Å². The minimum atomic E-state index is -4.61. The van der Waals surface area contributed by atoms with Gasteiger partial charge in [0.2, 0.25) is 0 Å². The number of hydrogen-bond acceptors (Lipinski definition) is 3. The van der Waals surface area contributed by atoms with Gasteiger partial charge >= 0.3 is 12.5 Å². The topological polar surface area (TPSA) is 29.5 Å². The minimum Gasteiger partial charge on any atom is -0.428 e. The van der Waals surface area contributed by atoms with Gasteiger partial charge in [0.1, 0.15) is 5.75 Å². The maximum atomic E-state index is 13.5. The average molecular weight is 469 g/mol. The standard InChI is InChI=1S/C27H23F4NO2/c1-26(2)13-21-23-17(11-10-16-6-3-4-9-20(16)23)15-32(24(21)22(33)14-26)18-7-5-8-19(12-18)34-27(30,31)25(28)29/h3-12,25H,13-15H2,1-2H3. The number of benzene rings is 3. The van der Waals surface area contributed by atoms with E-state index in [1.807, 2.05) is 36.4 Å². The summed E-state index contributed by atoms with van der Waals surface area (Å²) < 4.78 is 56.7. The number of ether oxygens (including phenoxy) is 1. The van der Waals surface area contributed by atoms with E-state index in [1.54, 1.807) is 11.0 Å². The second kappa shape index (κ2) is 7.86. The highest BCUT2D eigenvalue weighted by Gasteiger charge is 2.44. The van der Waals surface area contributed by atoms with Crippen molar-refractivity contribution in [3.63, 3.8) is 0 Å². The molecule has 1 heterocycles. The number of halogens is 4. The van der Waals surface area contributed by atoms with Crippen LogP contribution in [0.2, 0.25) is 0 Å². The summed E-state index contributed by atoms with van der Waals surface area (Å²) in [5.74, 6) is -0.424. The molecule has 0 saturated heterocycles. The smallest absolute Gasteiger partial charge is 0.428 e. The number of alkyl halides is 4. The summed E-state index contributed by atoms with van der Waals surface area (Å²) in [6.45, 7) is 4.46. The van der Waals surface area contributed by atoms with E-state index in [1.165, 1.54) is 18.2 Å². The number of allylic oxidation sites excluding steroid dienone is 2. The molecule has 3 aromatic rings. The lowest BCUT2D eigenvalue weighted by atomic mass is 9.71. The van der Waals surface area contributed by atoms with Crippen molar-refractivity contribution in [2.75, 3.05) is 4.90 Å². The van der Waals surface area contributed by atoms with Crippen LogP contribution in [0.15, 0.2) is 66.4 Å². The van der Waals surface area contributed by atoms with Crippen LogP contribution in [-0.4, -0.2) is 18.3 Å². The second-order valence-corrected chi connectivity index (χ2v) is 9.64. The van der Waals surface area contributed by atoms with Crippen molar-refractivity contribution in [3.8, 4) is 5.75 Å². The van der Waals surface area contributed by atoms with Crippen LogP contribution in [-0.2, 0) is 11.3 Å². The van der Waals surface area contributed by atoms with Crippen LogP contribution in [0.4, 0.5) is 23.2 Å². The number of carbonyl (C=O) groups is 1. The summed E-state index contributed by atoms with van der Waals surface area (Å²) in [6.07, 6.45) is -7.54. The first-order chi connectivity index (χ1) is 16.1. The van der Waals surface area contributed by atoms with Crippen molar-refractivity contribution in [2.24, 2.45) is 5.41 Å². The monoisotopic (exact) mass is 469 g/mol. The lowest BCUT2D eigenvalue weighted by Crippen LogP contribution is -2.38. The number of rotatable bonds is 4. The second-order valence-electron chi connectivity index (χ2n) is 9.64. The molecule has 0 aromatic heterocycles. The van der Waals surface area contributed by atoms with Crippen molar-refractivity contribution in [3.05, 3.63) is 77.5 Å². The van der Waals surface area contributed by atoms with E-state index in [2.05, 4.69) is 18.6 Å². The zero-order chi connectivity index (χ0) is 24.3. The average Bonchev–Trinajstić information content (AvgIpc) is 2.77. The van der Waals surface area contributed by atoms with Crippen LogP contribution in [0.1, 0.15) is 37.8 Å². The van der Waals surface area contributed by atoms with Crippen molar-refractivity contribution in [2.45, 2.75) is 45.8 Å². The Bertz CT molecular complexity index is 1330. The van der Waals surface area contributed by atoms with E-state index in [4.69, 9.17) is 0 Å². The van der Waals surface area contributed by atoms with Gasteiger partial charge in [-0.1, -0.05) is 56.3 Å². The Morgan fingerprint density at radius 3 is 2.53 bits per heavy atom. The van der Waals surface area contributed by atoms with Gasteiger partial charge in [0.15, 0.2) is 5.78 Å². The zero-order valence-corrected chi connectivity index (χ0v) is 18.7. The third-order valence-electron chi connectivity index (χ3n) is 6.40. The maximum absolute atomic E-state index is 13.5. The summed E-state index contributed by atoms with van der Waals surface area (Å²) in [5.41, 5.74) is 3.69. The van der Waals surface area contributed by atoms with E-state index in [9.17, 15) is 22.4 Å². The molecule has 176 valence electrons. The molecule has 7 heteroatoms. The number of hydrogen-bond donors (Lipinski definition) is 0. The van der Waals surface area contributed by atoms with Crippen LogP contribution in [0.3, 0.4) is 0 Å². The molecule has 34 heavy (non-hydrogen) atoms. The van der Waals surface area contributed by atoms with Gasteiger partial charge in [-0.05, 0) is 51.4 Å². The molecule has 5 rings (SSSR count). The molecule has 0 amide bonds. The Morgan fingerprint density at radius 1 is 1.00 bits per heavy atom. The fourth-order valence-electron chi connectivity index (χ4n) is 5.02. The lowest BCUT2D eigenvalue weighted by molar-refractivity contribution is -0.253. The summed E-state index contributed by atoms with van der Waals surface area (Å²) in [6, 6.07) is 17.7. The summed E-state index contributed by atoms with van der Waals surface area (Å²) in [5, 5.41) is 2.13.